The predicted octanol–water partition coefficient (Wildman–Crippen LogP) is 9.33. The first-order valence-electron chi connectivity index (χ1n) is 13.5. The molecule has 0 saturated carbocycles. The SMILES string of the molecule is C=CCCCOc1ccc(-c2ccc(COc3ccc(-c4ccc(C(O)CCC)cc4)c(F)c3F)cc2)c(F)c1F. The van der Waals surface area contributed by atoms with Gasteiger partial charge in [-0.1, -0.05) is 68.0 Å². The number of unbranched alkanes of at least 4 members (excludes halogenated alkanes) is 1. The molecular formula is C34H32F4O3. The second-order valence-electron chi connectivity index (χ2n) is 9.67. The Bertz CT molecular complexity index is 1470. The molecule has 3 nitrogen and oxygen atoms in total. The van der Waals surface area contributed by atoms with Crippen LogP contribution in [0.4, 0.5) is 17.6 Å². The molecule has 0 aliphatic carbocycles. The third-order valence-corrected chi connectivity index (χ3v) is 6.73. The Morgan fingerprint density at radius 3 is 1.80 bits per heavy atom. The van der Waals surface area contributed by atoms with Gasteiger partial charge in [0, 0.05) is 11.1 Å². The van der Waals surface area contributed by atoms with Crippen LogP contribution in [0.2, 0.25) is 0 Å². The van der Waals surface area contributed by atoms with Crippen molar-refractivity contribution in [3.8, 4) is 33.8 Å². The number of hydrogen-bond donors (Lipinski definition) is 1. The lowest BCUT2D eigenvalue weighted by Crippen LogP contribution is -2.02. The molecular weight excluding hydrogens is 532 g/mol. The fraction of sp³-hybridized carbons (Fsp3) is 0.235. The standard InChI is InChI=1S/C34H32F4O3/c1-3-5-6-20-40-29-18-16-26(31(35)33(29)37)23-10-8-22(9-11-23)21-41-30-19-17-27(32(36)34(30)38)24-12-14-25(15-13-24)28(39)7-4-2/h3,8-19,28,39H,1,4-7,20-21H2,2H3. The van der Waals surface area contributed by atoms with Crippen LogP contribution in [0.5, 0.6) is 11.5 Å². The molecule has 214 valence electrons. The van der Waals surface area contributed by atoms with Gasteiger partial charge in [0.05, 0.1) is 12.7 Å². The number of aliphatic hydroxyl groups is 1. The van der Waals surface area contributed by atoms with Crippen molar-refractivity contribution < 1.29 is 32.1 Å². The lowest BCUT2D eigenvalue weighted by molar-refractivity contribution is 0.166. The molecule has 0 bridgehead atoms. The minimum atomic E-state index is -1.11. The molecule has 7 heteroatoms. The highest BCUT2D eigenvalue weighted by Crippen LogP contribution is 2.33. The number of allylic oxidation sites excluding steroid dienone is 1. The molecule has 4 rings (SSSR count). The maximum Gasteiger partial charge on any atom is 0.201 e. The smallest absolute Gasteiger partial charge is 0.201 e. The van der Waals surface area contributed by atoms with E-state index in [1.165, 1.54) is 24.3 Å². The van der Waals surface area contributed by atoms with Gasteiger partial charge in [-0.15, -0.1) is 6.58 Å². The summed E-state index contributed by atoms with van der Waals surface area (Å²) in [5, 5.41) is 10.1. The van der Waals surface area contributed by atoms with Gasteiger partial charge in [-0.2, -0.15) is 8.78 Å². The summed E-state index contributed by atoms with van der Waals surface area (Å²) in [7, 11) is 0. The molecule has 1 unspecified atom stereocenters. The van der Waals surface area contributed by atoms with E-state index in [0.717, 1.165) is 12.0 Å². The lowest BCUT2D eigenvalue weighted by atomic mass is 9.99. The van der Waals surface area contributed by atoms with Crippen molar-refractivity contribution in [3.63, 3.8) is 0 Å². The summed E-state index contributed by atoms with van der Waals surface area (Å²) in [5.74, 6) is -4.62. The van der Waals surface area contributed by atoms with Crippen molar-refractivity contribution in [1.29, 1.82) is 0 Å². The largest absolute Gasteiger partial charge is 0.490 e. The summed E-state index contributed by atoms with van der Waals surface area (Å²) in [6.07, 6.45) is 3.93. The van der Waals surface area contributed by atoms with E-state index in [2.05, 4.69) is 6.58 Å². The van der Waals surface area contributed by atoms with Crippen molar-refractivity contribution in [3.05, 3.63) is 120 Å². The van der Waals surface area contributed by atoms with Gasteiger partial charge in [0.25, 0.3) is 0 Å². The summed E-state index contributed by atoms with van der Waals surface area (Å²) in [6.45, 7) is 5.77. The van der Waals surface area contributed by atoms with E-state index < -0.39 is 29.4 Å². The average molecular weight is 565 g/mol. The summed E-state index contributed by atoms with van der Waals surface area (Å²) in [6, 6.07) is 18.8. The Kier molecular flexibility index (Phi) is 10.2. The second-order valence-corrected chi connectivity index (χ2v) is 9.67. The fourth-order valence-electron chi connectivity index (χ4n) is 4.41. The maximum atomic E-state index is 14.9. The minimum absolute atomic E-state index is 0.0612. The molecule has 0 spiro atoms. The van der Waals surface area contributed by atoms with Crippen molar-refractivity contribution in [2.75, 3.05) is 6.61 Å². The number of halogens is 4. The summed E-state index contributed by atoms with van der Waals surface area (Å²) < 4.78 is 69.9. The van der Waals surface area contributed by atoms with E-state index in [1.807, 2.05) is 6.92 Å². The van der Waals surface area contributed by atoms with Crippen LogP contribution in [0.15, 0.2) is 85.5 Å². The molecule has 4 aromatic carbocycles. The molecule has 0 heterocycles. The first-order chi connectivity index (χ1) is 19.8. The van der Waals surface area contributed by atoms with Crippen LogP contribution < -0.4 is 9.47 Å². The van der Waals surface area contributed by atoms with Gasteiger partial charge in [0.1, 0.15) is 6.61 Å². The van der Waals surface area contributed by atoms with E-state index in [4.69, 9.17) is 9.47 Å². The first kappa shape index (κ1) is 29.9. The number of ether oxygens (including phenoxy) is 2. The number of aliphatic hydroxyl groups excluding tert-OH is 1. The fourth-order valence-corrected chi connectivity index (χ4v) is 4.41. The third-order valence-electron chi connectivity index (χ3n) is 6.73. The molecule has 0 aliphatic rings. The quantitative estimate of drug-likeness (QED) is 0.0999. The van der Waals surface area contributed by atoms with Crippen LogP contribution >= 0.6 is 0 Å². The number of benzene rings is 4. The van der Waals surface area contributed by atoms with Gasteiger partial charge in [-0.25, -0.2) is 8.78 Å². The zero-order valence-electron chi connectivity index (χ0n) is 22.8. The second kappa shape index (κ2) is 14.0. The highest BCUT2D eigenvalue weighted by Gasteiger charge is 2.18. The zero-order chi connectivity index (χ0) is 29.4. The van der Waals surface area contributed by atoms with Crippen LogP contribution in [0.1, 0.15) is 49.8 Å². The van der Waals surface area contributed by atoms with E-state index >= 15 is 0 Å². The molecule has 0 aliphatic heterocycles. The molecule has 41 heavy (non-hydrogen) atoms. The third kappa shape index (κ3) is 7.16. The number of hydrogen-bond acceptors (Lipinski definition) is 3. The van der Waals surface area contributed by atoms with Crippen molar-refractivity contribution in [2.24, 2.45) is 0 Å². The Balaban J connectivity index is 1.41. The molecule has 1 N–H and O–H groups in total. The summed E-state index contributed by atoms with van der Waals surface area (Å²) in [5.41, 5.74) is 2.42. The van der Waals surface area contributed by atoms with E-state index in [1.54, 1.807) is 54.6 Å². The van der Waals surface area contributed by atoms with Gasteiger partial charge < -0.3 is 14.6 Å². The minimum Gasteiger partial charge on any atom is -0.490 e. The molecule has 4 aromatic rings. The maximum absolute atomic E-state index is 14.9. The zero-order valence-corrected chi connectivity index (χ0v) is 22.8. The molecule has 1 atom stereocenters. The van der Waals surface area contributed by atoms with E-state index in [-0.39, 0.29) is 35.8 Å². The molecule has 0 fully saturated rings. The Labute approximate surface area is 237 Å². The average Bonchev–Trinajstić information content (AvgIpc) is 2.99. The molecule has 0 radical (unpaired) electrons. The summed E-state index contributed by atoms with van der Waals surface area (Å²) in [4.78, 5) is 0. The van der Waals surface area contributed by atoms with E-state index in [0.29, 0.717) is 36.0 Å². The topological polar surface area (TPSA) is 38.7 Å². The van der Waals surface area contributed by atoms with Crippen molar-refractivity contribution in [2.45, 2.75) is 45.3 Å². The van der Waals surface area contributed by atoms with Crippen LogP contribution in [-0.2, 0) is 6.61 Å². The molecule has 0 amide bonds. The first-order valence-corrected chi connectivity index (χ1v) is 13.5. The van der Waals surface area contributed by atoms with Gasteiger partial charge >= 0.3 is 0 Å². The van der Waals surface area contributed by atoms with Crippen LogP contribution in [0.25, 0.3) is 22.3 Å². The van der Waals surface area contributed by atoms with Crippen molar-refractivity contribution in [1.82, 2.24) is 0 Å². The van der Waals surface area contributed by atoms with Gasteiger partial charge in [-0.05, 0) is 65.8 Å². The van der Waals surface area contributed by atoms with E-state index in [9.17, 15) is 22.7 Å². The molecule has 0 aromatic heterocycles. The lowest BCUT2D eigenvalue weighted by Gasteiger charge is -2.13. The Morgan fingerprint density at radius 2 is 1.27 bits per heavy atom. The Hall–Kier alpha value is -4.10. The monoisotopic (exact) mass is 564 g/mol. The highest BCUT2D eigenvalue weighted by molar-refractivity contribution is 5.66. The molecule has 0 saturated heterocycles. The predicted molar refractivity (Wildman–Crippen MR) is 153 cm³/mol. The van der Waals surface area contributed by atoms with Crippen LogP contribution in [0.3, 0.4) is 0 Å². The summed E-state index contributed by atoms with van der Waals surface area (Å²) >= 11 is 0. The van der Waals surface area contributed by atoms with Gasteiger partial charge in [0.15, 0.2) is 23.1 Å². The van der Waals surface area contributed by atoms with Gasteiger partial charge in [-0.3, -0.25) is 0 Å². The highest BCUT2D eigenvalue weighted by atomic mass is 19.2. The van der Waals surface area contributed by atoms with Crippen molar-refractivity contribution >= 4 is 0 Å². The van der Waals surface area contributed by atoms with Crippen LogP contribution in [-0.4, -0.2) is 11.7 Å². The van der Waals surface area contributed by atoms with Crippen LogP contribution in [0, 0.1) is 23.3 Å². The normalized spacial score (nSPS) is 11.8. The number of rotatable bonds is 13. The Morgan fingerprint density at radius 1 is 0.732 bits per heavy atom. The van der Waals surface area contributed by atoms with Gasteiger partial charge in [0.2, 0.25) is 11.6 Å².